The highest BCUT2D eigenvalue weighted by Crippen LogP contribution is 2.19. The quantitative estimate of drug-likeness (QED) is 0.717. The van der Waals surface area contributed by atoms with Crippen molar-refractivity contribution in [3.63, 3.8) is 0 Å². The first kappa shape index (κ1) is 13.0. The topological polar surface area (TPSA) is 69.6 Å². The lowest BCUT2D eigenvalue weighted by Gasteiger charge is -2.33. The number of nitrogens with zero attached hydrogens (tertiary/aromatic N) is 1. The van der Waals surface area contributed by atoms with E-state index in [4.69, 9.17) is 5.11 Å². The zero-order valence-electron chi connectivity index (χ0n) is 10.1. The van der Waals surface area contributed by atoms with Crippen LogP contribution in [0.15, 0.2) is 0 Å². The Morgan fingerprint density at radius 2 is 1.88 bits per heavy atom. The van der Waals surface area contributed by atoms with Crippen molar-refractivity contribution in [3.8, 4) is 0 Å². The minimum absolute atomic E-state index is 0.0846. The molecular formula is C11H20N2O3. The predicted octanol–water partition coefficient (Wildman–Crippen LogP) is 0.450. The summed E-state index contributed by atoms with van der Waals surface area (Å²) in [6.45, 7) is 5.74. The normalized spacial score (nSPS) is 16.2. The number of carboxylic acids is 1. The molecule has 1 saturated carbocycles. The lowest BCUT2D eigenvalue weighted by molar-refractivity contribution is -0.140. The average molecular weight is 228 g/mol. The van der Waals surface area contributed by atoms with Gasteiger partial charge in [-0.05, 0) is 33.6 Å². The predicted molar refractivity (Wildman–Crippen MR) is 60.1 cm³/mol. The summed E-state index contributed by atoms with van der Waals surface area (Å²) in [4.78, 5) is 23.9. The number of rotatable bonds is 5. The monoisotopic (exact) mass is 228 g/mol. The summed E-state index contributed by atoms with van der Waals surface area (Å²) >= 11 is 0. The van der Waals surface area contributed by atoms with E-state index in [1.807, 2.05) is 20.8 Å². The van der Waals surface area contributed by atoms with Crippen molar-refractivity contribution in [2.75, 3.05) is 13.1 Å². The van der Waals surface area contributed by atoms with Crippen molar-refractivity contribution in [1.82, 2.24) is 10.2 Å². The molecule has 0 aromatic rings. The Morgan fingerprint density at radius 1 is 1.31 bits per heavy atom. The maximum Gasteiger partial charge on any atom is 0.317 e. The molecule has 1 amide bonds. The number of amides is 1. The number of carbonyl (C=O) groups excluding carboxylic acids is 1. The number of aliphatic carboxylic acids is 1. The van der Waals surface area contributed by atoms with E-state index in [0.717, 1.165) is 12.8 Å². The van der Waals surface area contributed by atoms with Crippen LogP contribution in [0.1, 0.15) is 33.6 Å². The lowest BCUT2D eigenvalue weighted by atomic mass is 10.1. The summed E-state index contributed by atoms with van der Waals surface area (Å²) in [5, 5.41) is 11.6. The van der Waals surface area contributed by atoms with Gasteiger partial charge in [0.05, 0.1) is 13.1 Å². The Hall–Kier alpha value is -1.10. The van der Waals surface area contributed by atoms with E-state index in [1.165, 1.54) is 0 Å². The summed E-state index contributed by atoms with van der Waals surface area (Å²) < 4.78 is 0. The molecule has 0 atom stereocenters. The Labute approximate surface area is 95.8 Å². The fourth-order valence-electron chi connectivity index (χ4n) is 1.37. The van der Waals surface area contributed by atoms with Gasteiger partial charge in [-0.25, -0.2) is 0 Å². The van der Waals surface area contributed by atoms with Gasteiger partial charge in [0, 0.05) is 11.6 Å². The van der Waals surface area contributed by atoms with Gasteiger partial charge in [-0.15, -0.1) is 0 Å². The van der Waals surface area contributed by atoms with Crippen molar-refractivity contribution in [1.29, 1.82) is 0 Å². The van der Waals surface area contributed by atoms with Crippen LogP contribution in [-0.4, -0.2) is 46.6 Å². The minimum Gasteiger partial charge on any atom is -0.480 e. The average Bonchev–Trinajstić information content (AvgIpc) is 2.84. The highest BCUT2D eigenvalue weighted by molar-refractivity contribution is 5.79. The van der Waals surface area contributed by atoms with Crippen LogP contribution in [-0.2, 0) is 9.59 Å². The summed E-state index contributed by atoms with van der Waals surface area (Å²) in [5.74, 6) is -0.993. The van der Waals surface area contributed by atoms with Gasteiger partial charge in [-0.1, -0.05) is 0 Å². The van der Waals surface area contributed by atoms with E-state index in [0.29, 0.717) is 6.04 Å². The SMILES string of the molecule is CC(C)(C)N(CC(=O)O)CC(=O)NC1CC1. The first-order valence-corrected chi connectivity index (χ1v) is 5.55. The van der Waals surface area contributed by atoms with Crippen molar-refractivity contribution < 1.29 is 14.7 Å². The largest absolute Gasteiger partial charge is 0.480 e. The molecule has 0 saturated heterocycles. The maximum absolute atomic E-state index is 11.6. The Morgan fingerprint density at radius 3 is 2.25 bits per heavy atom. The molecule has 1 aliphatic carbocycles. The van der Waals surface area contributed by atoms with E-state index in [2.05, 4.69) is 5.32 Å². The summed E-state index contributed by atoms with van der Waals surface area (Å²) in [6, 6.07) is 0.319. The number of carboxylic acid groups (broad SMARTS) is 1. The van der Waals surface area contributed by atoms with E-state index in [9.17, 15) is 9.59 Å². The van der Waals surface area contributed by atoms with Gasteiger partial charge in [0.2, 0.25) is 5.91 Å². The first-order chi connectivity index (χ1) is 7.29. The standard InChI is InChI=1S/C11H20N2O3/c1-11(2,3)13(7-10(15)16)6-9(14)12-8-4-5-8/h8H,4-7H2,1-3H3,(H,12,14)(H,15,16). The number of hydrogen-bond acceptors (Lipinski definition) is 3. The zero-order chi connectivity index (χ0) is 12.3. The van der Waals surface area contributed by atoms with E-state index < -0.39 is 5.97 Å². The van der Waals surface area contributed by atoms with Crippen LogP contribution in [0.3, 0.4) is 0 Å². The molecule has 0 unspecified atom stereocenters. The molecular weight excluding hydrogens is 208 g/mol. The summed E-state index contributed by atoms with van der Waals surface area (Å²) in [5.41, 5.74) is -0.320. The summed E-state index contributed by atoms with van der Waals surface area (Å²) in [6.07, 6.45) is 2.08. The van der Waals surface area contributed by atoms with Gasteiger partial charge >= 0.3 is 5.97 Å². The van der Waals surface area contributed by atoms with Gasteiger partial charge in [-0.3, -0.25) is 14.5 Å². The fraction of sp³-hybridized carbons (Fsp3) is 0.818. The second-order valence-electron chi connectivity index (χ2n) is 5.26. The number of carbonyl (C=O) groups is 2. The molecule has 0 aromatic carbocycles. The van der Waals surface area contributed by atoms with E-state index >= 15 is 0 Å². The molecule has 0 heterocycles. The first-order valence-electron chi connectivity index (χ1n) is 5.55. The van der Waals surface area contributed by atoms with Gasteiger partial charge < -0.3 is 10.4 Å². The third-order valence-electron chi connectivity index (χ3n) is 2.55. The Kier molecular flexibility index (Phi) is 3.91. The highest BCUT2D eigenvalue weighted by Gasteiger charge is 2.28. The van der Waals surface area contributed by atoms with Crippen LogP contribution >= 0.6 is 0 Å². The van der Waals surface area contributed by atoms with Crippen molar-refractivity contribution >= 4 is 11.9 Å². The van der Waals surface area contributed by atoms with Gasteiger partial charge in [-0.2, -0.15) is 0 Å². The number of hydrogen-bond donors (Lipinski definition) is 2. The molecule has 92 valence electrons. The molecule has 5 nitrogen and oxygen atoms in total. The highest BCUT2D eigenvalue weighted by atomic mass is 16.4. The Bertz CT molecular complexity index is 279. The van der Waals surface area contributed by atoms with Gasteiger partial charge in [0.15, 0.2) is 0 Å². The fourth-order valence-corrected chi connectivity index (χ4v) is 1.37. The zero-order valence-corrected chi connectivity index (χ0v) is 10.1. The molecule has 0 bridgehead atoms. The molecule has 1 rings (SSSR count). The van der Waals surface area contributed by atoms with Crippen LogP contribution < -0.4 is 5.32 Å². The van der Waals surface area contributed by atoms with Crippen molar-refractivity contribution in [2.45, 2.75) is 45.2 Å². The van der Waals surface area contributed by atoms with E-state index in [-0.39, 0.29) is 24.5 Å². The molecule has 0 aliphatic heterocycles. The number of nitrogens with one attached hydrogen (secondary N) is 1. The van der Waals surface area contributed by atoms with Crippen LogP contribution in [0.25, 0.3) is 0 Å². The van der Waals surface area contributed by atoms with E-state index in [1.54, 1.807) is 4.90 Å². The van der Waals surface area contributed by atoms with Gasteiger partial charge in [0.25, 0.3) is 0 Å². The van der Waals surface area contributed by atoms with Crippen molar-refractivity contribution in [3.05, 3.63) is 0 Å². The van der Waals surface area contributed by atoms with Crippen LogP contribution in [0.2, 0.25) is 0 Å². The molecule has 16 heavy (non-hydrogen) atoms. The molecule has 0 spiro atoms. The molecule has 2 N–H and O–H groups in total. The molecule has 5 heteroatoms. The lowest BCUT2D eigenvalue weighted by Crippen LogP contribution is -2.49. The Balaban J connectivity index is 2.47. The summed E-state index contributed by atoms with van der Waals surface area (Å²) in [7, 11) is 0. The third kappa shape index (κ3) is 4.61. The molecule has 0 radical (unpaired) electrons. The van der Waals surface area contributed by atoms with Crippen molar-refractivity contribution in [2.24, 2.45) is 0 Å². The van der Waals surface area contributed by atoms with Crippen LogP contribution in [0.5, 0.6) is 0 Å². The second kappa shape index (κ2) is 4.82. The van der Waals surface area contributed by atoms with Gasteiger partial charge in [0.1, 0.15) is 0 Å². The second-order valence-corrected chi connectivity index (χ2v) is 5.26. The smallest absolute Gasteiger partial charge is 0.317 e. The van der Waals surface area contributed by atoms with Crippen LogP contribution in [0, 0.1) is 0 Å². The molecule has 1 aliphatic rings. The third-order valence-corrected chi connectivity index (χ3v) is 2.55. The minimum atomic E-state index is -0.908. The van der Waals surface area contributed by atoms with Crippen LogP contribution in [0.4, 0.5) is 0 Å². The molecule has 1 fully saturated rings. The molecule has 0 aromatic heterocycles. The maximum atomic E-state index is 11.6.